The van der Waals surface area contributed by atoms with Gasteiger partial charge in [-0.15, -0.1) is 0 Å². The van der Waals surface area contributed by atoms with Crippen LogP contribution in [0.2, 0.25) is 0 Å². The number of amides is 1. The number of hydrogen-bond acceptors (Lipinski definition) is 3. The second-order valence-corrected chi connectivity index (χ2v) is 3.17. The molecule has 0 saturated heterocycles. The predicted octanol–water partition coefficient (Wildman–Crippen LogP) is 1.84. The third-order valence-corrected chi connectivity index (χ3v) is 2.13. The summed E-state index contributed by atoms with van der Waals surface area (Å²) < 4.78 is 9.67. The predicted molar refractivity (Wildman–Crippen MR) is 58.3 cm³/mol. The largest absolute Gasteiger partial charge is 0.497 e. The van der Waals surface area contributed by atoms with Crippen molar-refractivity contribution in [3.8, 4) is 5.75 Å². The number of rotatable bonds is 4. The van der Waals surface area contributed by atoms with E-state index in [4.69, 9.17) is 16.3 Å². The van der Waals surface area contributed by atoms with Gasteiger partial charge in [0.05, 0.1) is 7.11 Å². The molecule has 0 spiro atoms. The Labute approximate surface area is 93.1 Å². The van der Waals surface area contributed by atoms with E-state index in [9.17, 15) is 4.79 Å². The quantitative estimate of drug-likeness (QED) is 0.802. The van der Waals surface area contributed by atoms with Gasteiger partial charge in [0.2, 0.25) is 5.56 Å². The molecule has 1 unspecified atom stereocenters. The van der Waals surface area contributed by atoms with Gasteiger partial charge in [0, 0.05) is 18.9 Å². The molecule has 1 aromatic carbocycles. The minimum Gasteiger partial charge on any atom is -0.497 e. The van der Waals surface area contributed by atoms with Crippen LogP contribution in [0, 0.1) is 0 Å². The minimum atomic E-state index is -0.990. The number of ether oxygens (including phenoxy) is 2. The lowest BCUT2D eigenvalue weighted by molar-refractivity contribution is -0.121. The van der Waals surface area contributed by atoms with Gasteiger partial charge in [0.15, 0.2) is 0 Å². The Bertz CT molecular complexity index is 343. The highest BCUT2D eigenvalue weighted by Crippen LogP contribution is 2.17. The molecule has 82 valence electrons. The Kier molecular flexibility index (Phi) is 4.39. The van der Waals surface area contributed by atoms with E-state index in [1.165, 1.54) is 7.11 Å². The molecule has 0 aliphatic carbocycles. The highest BCUT2D eigenvalue weighted by Gasteiger charge is 2.13. The normalized spacial score (nSPS) is 11.9. The first-order valence-electron chi connectivity index (χ1n) is 4.29. The van der Waals surface area contributed by atoms with E-state index in [0.29, 0.717) is 11.4 Å². The maximum atomic E-state index is 11.3. The van der Waals surface area contributed by atoms with Crippen LogP contribution >= 0.6 is 11.6 Å². The van der Waals surface area contributed by atoms with Crippen molar-refractivity contribution >= 4 is 23.2 Å². The minimum absolute atomic E-state index is 0.410. The molecule has 1 rings (SSSR count). The first-order chi connectivity index (χ1) is 7.17. The van der Waals surface area contributed by atoms with Crippen molar-refractivity contribution < 1.29 is 14.3 Å². The zero-order valence-corrected chi connectivity index (χ0v) is 9.25. The summed E-state index contributed by atoms with van der Waals surface area (Å²) in [6, 6.07) is 6.98. The summed E-state index contributed by atoms with van der Waals surface area (Å²) in [7, 11) is 2.92. The van der Waals surface area contributed by atoms with Crippen LogP contribution in [0.5, 0.6) is 5.75 Å². The number of hydrogen-bond donors (Lipinski definition) is 1. The summed E-state index contributed by atoms with van der Waals surface area (Å²) in [6.07, 6.45) is 0. The van der Waals surface area contributed by atoms with Gasteiger partial charge in [-0.2, -0.15) is 0 Å². The van der Waals surface area contributed by atoms with Gasteiger partial charge in [-0.25, -0.2) is 0 Å². The third kappa shape index (κ3) is 3.42. The molecule has 0 fully saturated rings. The van der Waals surface area contributed by atoms with Crippen LogP contribution in [0.4, 0.5) is 5.69 Å². The second-order valence-electron chi connectivity index (χ2n) is 2.77. The van der Waals surface area contributed by atoms with Crippen molar-refractivity contribution in [3.05, 3.63) is 24.3 Å². The van der Waals surface area contributed by atoms with Crippen molar-refractivity contribution in [2.75, 3.05) is 19.5 Å². The SMILES string of the molecule is COc1cccc(NC(=O)C(Cl)OC)c1. The van der Waals surface area contributed by atoms with Crippen molar-refractivity contribution in [1.82, 2.24) is 0 Å². The fraction of sp³-hybridized carbons (Fsp3) is 0.300. The highest BCUT2D eigenvalue weighted by molar-refractivity contribution is 6.31. The maximum absolute atomic E-state index is 11.3. The van der Waals surface area contributed by atoms with Gasteiger partial charge >= 0.3 is 0 Å². The number of nitrogens with one attached hydrogen (secondary N) is 1. The van der Waals surface area contributed by atoms with Crippen LogP contribution in [-0.2, 0) is 9.53 Å². The smallest absolute Gasteiger partial charge is 0.269 e. The van der Waals surface area contributed by atoms with Gasteiger partial charge in [0.25, 0.3) is 5.91 Å². The van der Waals surface area contributed by atoms with E-state index >= 15 is 0 Å². The summed E-state index contributed by atoms with van der Waals surface area (Å²) in [5.41, 5.74) is -0.377. The van der Waals surface area contributed by atoms with Crippen LogP contribution in [0.25, 0.3) is 0 Å². The molecule has 0 aliphatic heterocycles. The number of benzene rings is 1. The third-order valence-electron chi connectivity index (χ3n) is 1.75. The molecule has 1 N–H and O–H groups in total. The number of alkyl halides is 1. The van der Waals surface area contributed by atoms with Gasteiger partial charge in [-0.3, -0.25) is 4.79 Å². The molecule has 0 aliphatic rings. The van der Waals surface area contributed by atoms with Crippen LogP contribution in [0.1, 0.15) is 0 Å². The Hall–Kier alpha value is -1.26. The second kappa shape index (κ2) is 5.58. The van der Waals surface area contributed by atoms with E-state index in [1.54, 1.807) is 31.4 Å². The summed E-state index contributed by atoms with van der Waals surface area (Å²) in [5.74, 6) is 0.253. The van der Waals surface area contributed by atoms with Crippen LogP contribution < -0.4 is 10.1 Å². The van der Waals surface area contributed by atoms with Crippen LogP contribution in [0.3, 0.4) is 0 Å². The lowest BCUT2D eigenvalue weighted by Gasteiger charge is -2.09. The fourth-order valence-corrected chi connectivity index (χ4v) is 1.06. The Morgan fingerprint density at radius 2 is 2.20 bits per heavy atom. The molecule has 1 amide bonds. The molecule has 0 bridgehead atoms. The molecule has 0 saturated carbocycles. The number of carbonyl (C=O) groups excluding carboxylic acids is 1. The fourth-order valence-electron chi connectivity index (χ4n) is 1.01. The van der Waals surface area contributed by atoms with Crippen molar-refractivity contribution in [2.24, 2.45) is 0 Å². The molecular weight excluding hydrogens is 218 g/mol. The zero-order valence-electron chi connectivity index (χ0n) is 8.49. The number of carbonyl (C=O) groups is 1. The number of anilines is 1. The van der Waals surface area contributed by atoms with Gasteiger partial charge < -0.3 is 14.8 Å². The number of halogens is 1. The van der Waals surface area contributed by atoms with E-state index in [1.807, 2.05) is 0 Å². The average molecular weight is 230 g/mol. The Balaban J connectivity index is 2.68. The molecule has 0 radical (unpaired) electrons. The lowest BCUT2D eigenvalue weighted by atomic mass is 10.3. The van der Waals surface area contributed by atoms with Crippen molar-refractivity contribution in [1.29, 1.82) is 0 Å². The monoisotopic (exact) mass is 229 g/mol. The van der Waals surface area contributed by atoms with Gasteiger partial charge in [-0.1, -0.05) is 17.7 Å². The topological polar surface area (TPSA) is 47.6 Å². The van der Waals surface area contributed by atoms with Gasteiger partial charge in [-0.05, 0) is 12.1 Å². The summed E-state index contributed by atoms with van der Waals surface area (Å²) in [5, 5.41) is 2.59. The van der Waals surface area contributed by atoms with E-state index < -0.39 is 11.5 Å². The van der Waals surface area contributed by atoms with E-state index in [-0.39, 0.29) is 0 Å². The van der Waals surface area contributed by atoms with Gasteiger partial charge in [0.1, 0.15) is 5.75 Å². The van der Waals surface area contributed by atoms with Crippen LogP contribution in [0.15, 0.2) is 24.3 Å². The molecule has 15 heavy (non-hydrogen) atoms. The average Bonchev–Trinajstić information content (AvgIpc) is 2.28. The molecular formula is C10H12ClNO3. The molecule has 4 nitrogen and oxygen atoms in total. The Morgan fingerprint density at radius 1 is 1.47 bits per heavy atom. The summed E-state index contributed by atoms with van der Waals surface area (Å²) in [4.78, 5) is 11.3. The molecule has 1 atom stereocenters. The standard InChI is InChI=1S/C10H12ClNO3/c1-14-8-5-3-4-7(6-8)12-10(13)9(11)15-2/h3-6,9H,1-2H3,(H,12,13). The Morgan fingerprint density at radius 3 is 2.80 bits per heavy atom. The summed E-state index contributed by atoms with van der Waals surface area (Å²) >= 11 is 5.57. The van der Waals surface area contributed by atoms with E-state index in [2.05, 4.69) is 10.1 Å². The zero-order chi connectivity index (χ0) is 11.3. The van der Waals surface area contributed by atoms with Crippen molar-refractivity contribution in [2.45, 2.75) is 5.56 Å². The highest BCUT2D eigenvalue weighted by atomic mass is 35.5. The van der Waals surface area contributed by atoms with Crippen molar-refractivity contribution in [3.63, 3.8) is 0 Å². The first-order valence-corrected chi connectivity index (χ1v) is 4.73. The lowest BCUT2D eigenvalue weighted by Crippen LogP contribution is -2.24. The van der Waals surface area contributed by atoms with E-state index in [0.717, 1.165) is 0 Å². The number of methoxy groups -OCH3 is 2. The molecule has 1 aromatic rings. The first kappa shape index (κ1) is 11.8. The summed E-state index contributed by atoms with van der Waals surface area (Å²) in [6.45, 7) is 0. The molecule has 5 heteroatoms. The molecule has 0 aromatic heterocycles. The maximum Gasteiger partial charge on any atom is 0.269 e. The van der Waals surface area contributed by atoms with Crippen LogP contribution in [-0.4, -0.2) is 25.7 Å². The molecule has 0 heterocycles.